The van der Waals surface area contributed by atoms with E-state index in [2.05, 4.69) is 10.6 Å². The van der Waals surface area contributed by atoms with Crippen LogP contribution in [0.4, 0.5) is 5.69 Å². The number of rotatable bonds is 5. The Morgan fingerprint density at radius 2 is 1.48 bits per heavy atom. The highest BCUT2D eigenvalue weighted by Crippen LogP contribution is 2.25. The molecule has 5 heteroatoms. The van der Waals surface area contributed by atoms with Gasteiger partial charge >= 0.3 is 0 Å². The van der Waals surface area contributed by atoms with Gasteiger partial charge in [-0.2, -0.15) is 0 Å². The average Bonchev–Trinajstić information content (AvgIpc) is 2.51. The van der Waals surface area contributed by atoms with E-state index in [1.165, 1.54) is 0 Å². The first-order valence-electron chi connectivity index (χ1n) is 6.71. The van der Waals surface area contributed by atoms with Gasteiger partial charge in [0.1, 0.15) is 17.2 Å². The molecule has 0 bridgehead atoms. The van der Waals surface area contributed by atoms with Crippen molar-refractivity contribution in [3.63, 3.8) is 0 Å². The molecule has 0 spiro atoms. The first kappa shape index (κ1) is 15.1. The summed E-state index contributed by atoms with van der Waals surface area (Å²) in [5.74, 6) is 2.37. The first-order valence-corrected chi connectivity index (χ1v) is 7.11. The van der Waals surface area contributed by atoms with Crippen molar-refractivity contribution in [2.24, 2.45) is 0 Å². The molecule has 0 heterocycles. The molecule has 0 radical (unpaired) electrons. The molecule has 0 saturated carbocycles. The minimum atomic E-state index is 0.579. The molecule has 0 amide bonds. The SMILES string of the molecule is CCOc1ccc(Oc2ccc(NC(=S)NC)cc2)cc1. The number of nitrogens with one attached hydrogen (secondary N) is 2. The summed E-state index contributed by atoms with van der Waals surface area (Å²) in [4.78, 5) is 0. The molecule has 0 aliphatic carbocycles. The second kappa shape index (κ2) is 7.50. The molecule has 0 atom stereocenters. The predicted molar refractivity (Wildman–Crippen MR) is 89.4 cm³/mol. The number of hydrogen-bond donors (Lipinski definition) is 2. The zero-order chi connectivity index (χ0) is 15.1. The molecule has 2 aromatic carbocycles. The third-order valence-corrected chi connectivity index (χ3v) is 3.02. The van der Waals surface area contributed by atoms with Crippen LogP contribution < -0.4 is 20.1 Å². The molecule has 0 aromatic heterocycles. The number of benzene rings is 2. The van der Waals surface area contributed by atoms with Crippen molar-refractivity contribution in [3.8, 4) is 17.2 Å². The molecular formula is C16H18N2O2S. The molecule has 2 rings (SSSR count). The van der Waals surface area contributed by atoms with Crippen molar-refractivity contribution < 1.29 is 9.47 Å². The zero-order valence-corrected chi connectivity index (χ0v) is 12.9. The van der Waals surface area contributed by atoms with Gasteiger partial charge in [-0.25, -0.2) is 0 Å². The van der Waals surface area contributed by atoms with Crippen LogP contribution in [-0.4, -0.2) is 18.8 Å². The van der Waals surface area contributed by atoms with E-state index in [9.17, 15) is 0 Å². The largest absolute Gasteiger partial charge is 0.494 e. The highest BCUT2D eigenvalue weighted by atomic mass is 32.1. The summed E-state index contributed by atoms with van der Waals surface area (Å²) >= 11 is 5.04. The maximum absolute atomic E-state index is 5.77. The number of anilines is 1. The van der Waals surface area contributed by atoms with Gasteiger partial charge in [-0.3, -0.25) is 0 Å². The van der Waals surface area contributed by atoms with Gasteiger partial charge in [-0.1, -0.05) is 0 Å². The van der Waals surface area contributed by atoms with E-state index in [1.54, 1.807) is 7.05 Å². The van der Waals surface area contributed by atoms with Crippen LogP contribution in [0.3, 0.4) is 0 Å². The first-order chi connectivity index (χ1) is 10.2. The summed E-state index contributed by atoms with van der Waals surface area (Å²) in [6.45, 7) is 2.61. The van der Waals surface area contributed by atoms with Crippen LogP contribution in [0.2, 0.25) is 0 Å². The third kappa shape index (κ3) is 4.65. The summed E-state index contributed by atoms with van der Waals surface area (Å²) in [6, 6.07) is 15.1. The topological polar surface area (TPSA) is 42.5 Å². The quantitative estimate of drug-likeness (QED) is 0.823. The second-order valence-corrected chi connectivity index (χ2v) is 4.64. The maximum atomic E-state index is 5.77. The van der Waals surface area contributed by atoms with Gasteiger partial charge < -0.3 is 20.1 Å². The van der Waals surface area contributed by atoms with Crippen LogP contribution in [0, 0.1) is 0 Å². The Hall–Kier alpha value is -2.27. The molecule has 21 heavy (non-hydrogen) atoms. The van der Waals surface area contributed by atoms with Crippen molar-refractivity contribution in [1.82, 2.24) is 5.32 Å². The number of ether oxygens (including phenoxy) is 2. The Morgan fingerprint density at radius 1 is 0.952 bits per heavy atom. The Kier molecular flexibility index (Phi) is 5.40. The van der Waals surface area contributed by atoms with E-state index in [0.29, 0.717) is 11.7 Å². The summed E-state index contributed by atoms with van der Waals surface area (Å²) in [6.07, 6.45) is 0. The van der Waals surface area contributed by atoms with Gasteiger partial charge in [0, 0.05) is 12.7 Å². The van der Waals surface area contributed by atoms with Crippen molar-refractivity contribution in [3.05, 3.63) is 48.5 Å². The van der Waals surface area contributed by atoms with Crippen molar-refractivity contribution >= 4 is 23.0 Å². The lowest BCUT2D eigenvalue weighted by Crippen LogP contribution is -2.23. The van der Waals surface area contributed by atoms with Gasteiger partial charge in [-0.15, -0.1) is 0 Å². The Bertz CT molecular complexity index is 582. The molecule has 0 saturated heterocycles. The third-order valence-electron chi connectivity index (χ3n) is 2.71. The Balaban J connectivity index is 1.97. The van der Waals surface area contributed by atoms with E-state index in [1.807, 2.05) is 55.5 Å². The van der Waals surface area contributed by atoms with Crippen LogP contribution in [0.15, 0.2) is 48.5 Å². The molecular weight excluding hydrogens is 284 g/mol. The number of hydrogen-bond acceptors (Lipinski definition) is 3. The van der Waals surface area contributed by atoms with Gasteiger partial charge in [0.2, 0.25) is 0 Å². The molecule has 110 valence electrons. The zero-order valence-electron chi connectivity index (χ0n) is 12.1. The fourth-order valence-electron chi connectivity index (χ4n) is 1.71. The lowest BCUT2D eigenvalue weighted by molar-refractivity contribution is 0.339. The van der Waals surface area contributed by atoms with Crippen molar-refractivity contribution in [1.29, 1.82) is 0 Å². The molecule has 2 N–H and O–H groups in total. The van der Waals surface area contributed by atoms with E-state index in [0.717, 1.165) is 22.9 Å². The summed E-state index contributed by atoms with van der Waals surface area (Å²) in [5, 5.41) is 6.49. The van der Waals surface area contributed by atoms with Crippen LogP contribution >= 0.6 is 12.2 Å². The lowest BCUT2D eigenvalue weighted by Gasteiger charge is -2.09. The highest BCUT2D eigenvalue weighted by Gasteiger charge is 2.00. The molecule has 0 unspecified atom stereocenters. The van der Waals surface area contributed by atoms with E-state index < -0.39 is 0 Å². The van der Waals surface area contributed by atoms with Crippen LogP contribution in [0.1, 0.15) is 6.92 Å². The molecule has 0 aliphatic rings. The van der Waals surface area contributed by atoms with Gasteiger partial charge in [0.25, 0.3) is 0 Å². The van der Waals surface area contributed by atoms with Crippen LogP contribution in [0.25, 0.3) is 0 Å². The van der Waals surface area contributed by atoms with Crippen molar-refractivity contribution in [2.75, 3.05) is 19.0 Å². The molecule has 0 aliphatic heterocycles. The van der Waals surface area contributed by atoms with Crippen LogP contribution in [0.5, 0.6) is 17.2 Å². The summed E-state index contributed by atoms with van der Waals surface area (Å²) in [7, 11) is 1.78. The minimum Gasteiger partial charge on any atom is -0.494 e. The Labute approximate surface area is 130 Å². The van der Waals surface area contributed by atoms with E-state index in [-0.39, 0.29) is 0 Å². The average molecular weight is 302 g/mol. The summed E-state index contributed by atoms with van der Waals surface area (Å²) in [5.41, 5.74) is 0.911. The fraction of sp³-hybridized carbons (Fsp3) is 0.188. The molecule has 4 nitrogen and oxygen atoms in total. The fourth-order valence-corrected chi connectivity index (χ4v) is 1.82. The summed E-state index contributed by atoms with van der Waals surface area (Å²) < 4.78 is 11.2. The maximum Gasteiger partial charge on any atom is 0.170 e. The van der Waals surface area contributed by atoms with Crippen molar-refractivity contribution in [2.45, 2.75) is 6.92 Å². The van der Waals surface area contributed by atoms with E-state index in [4.69, 9.17) is 21.7 Å². The van der Waals surface area contributed by atoms with E-state index >= 15 is 0 Å². The highest BCUT2D eigenvalue weighted by molar-refractivity contribution is 7.80. The normalized spacial score (nSPS) is 9.81. The Morgan fingerprint density at radius 3 is 2.00 bits per heavy atom. The minimum absolute atomic E-state index is 0.579. The van der Waals surface area contributed by atoms with Gasteiger partial charge in [0.15, 0.2) is 5.11 Å². The predicted octanol–water partition coefficient (Wildman–Crippen LogP) is 3.79. The lowest BCUT2D eigenvalue weighted by atomic mass is 10.3. The van der Waals surface area contributed by atoms with Gasteiger partial charge in [-0.05, 0) is 67.7 Å². The monoisotopic (exact) mass is 302 g/mol. The molecule has 2 aromatic rings. The van der Waals surface area contributed by atoms with Gasteiger partial charge in [0.05, 0.1) is 6.61 Å². The smallest absolute Gasteiger partial charge is 0.170 e. The van der Waals surface area contributed by atoms with Crippen LogP contribution in [-0.2, 0) is 0 Å². The second-order valence-electron chi connectivity index (χ2n) is 4.23. The standard InChI is InChI=1S/C16H18N2O2S/c1-3-19-13-8-10-15(11-9-13)20-14-6-4-12(5-7-14)18-16(21)17-2/h4-11H,3H2,1-2H3,(H2,17,18,21). The number of thiocarbonyl (C=S) groups is 1. The molecule has 0 fully saturated rings.